The molecule has 102 valence electrons. The first kappa shape index (κ1) is 15.2. The van der Waals surface area contributed by atoms with E-state index in [1.165, 1.54) is 0 Å². The first-order valence-corrected chi connectivity index (χ1v) is 6.75. The SMILES string of the molecule is CCn1ncc(Cl)c1C(=O)C(CC)(CC)N(C)C. The fraction of sp³-hybridized carbons (Fsp3) is 0.692. The minimum Gasteiger partial charge on any atom is -0.297 e. The van der Waals surface area contributed by atoms with Gasteiger partial charge in [0, 0.05) is 6.54 Å². The lowest BCUT2D eigenvalue weighted by Crippen LogP contribution is -2.51. The van der Waals surface area contributed by atoms with E-state index in [0.717, 1.165) is 12.8 Å². The van der Waals surface area contributed by atoms with Crippen LogP contribution in [0.4, 0.5) is 0 Å². The van der Waals surface area contributed by atoms with Gasteiger partial charge in [-0.1, -0.05) is 25.4 Å². The van der Waals surface area contributed by atoms with E-state index in [1.54, 1.807) is 10.9 Å². The van der Waals surface area contributed by atoms with Gasteiger partial charge >= 0.3 is 0 Å². The van der Waals surface area contributed by atoms with Crippen LogP contribution in [-0.4, -0.2) is 40.1 Å². The van der Waals surface area contributed by atoms with Gasteiger partial charge in [0.05, 0.1) is 16.8 Å². The van der Waals surface area contributed by atoms with Gasteiger partial charge in [0.2, 0.25) is 5.78 Å². The molecule has 0 bridgehead atoms. The molecular weight excluding hydrogens is 250 g/mol. The van der Waals surface area contributed by atoms with Crippen LogP contribution in [0, 0.1) is 0 Å². The zero-order valence-electron chi connectivity index (χ0n) is 11.8. The lowest BCUT2D eigenvalue weighted by Gasteiger charge is -2.37. The van der Waals surface area contributed by atoms with Gasteiger partial charge in [0.25, 0.3) is 0 Å². The second kappa shape index (κ2) is 5.85. The molecule has 0 N–H and O–H groups in total. The molecule has 0 saturated heterocycles. The highest BCUT2D eigenvalue weighted by Gasteiger charge is 2.40. The standard InChI is InChI=1S/C13H22ClN3O/c1-6-13(7-2,16(4)5)12(18)11-10(14)9-15-17(11)8-3/h9H,6-8H2,1-5H3. The number of rotatable bonds is 6. The summed E-state index contributed by atoms with van der Waals surface area (Å²) in [6.45, 7) is 6.66. The van der Waals surface area contributed by atoms with E-state index in [0.29, 0.717) is 17.3 Å². The van der Waals surface area contributed by atoms with E-state index >= 15 is 0 Å². The molecular formula is C13H22ClN3O. The lowest BCUT2D eigenvalue weighted by molar-refractivity contribution is 0.0644. The topological polar surface area (TPSA) is 38.1 Å². The molecule has 0 amide bonds. The third-order valence-corrected chi connectivity index (χ3v) is 4.03. The van der Waals surface area contributed by atoms with Crippen molar-refractivity contribution in [3.63, 3.8) is 0 Å². The number of Topliss-reactive ketones (excluding diaryl/α,β-unsaturated/α-hetero) is 1. The number of hydrogen-bond donors (Lipinski definition) is 0. The number of halogens is 1. The molecule has 0 fully saturated rings. The van der Waals surface area contributed by atoms with Gasteiger partial charge in [0.15, 0.2) is 0 Å². The van der Waals surface area contributed by atoms with Crippen molar-refractivity contribution in [2.45, 2.75) is 45.7 Å². The molecule has 0 atom stereocenters. The molecule has 1 aromatic heterocycles. The van der Waals surface area contributed by atoms with Crippen molar-refractivity contribution in [1.82, 2.24) is 14.7 Å². The number of likely N-dealkylation sites (N-methyl/N-ethyl adjacent to an activating group) is 1. The smallest absolute Gasteiger partial charge is 0.202 e. The zero-order chi connectivity index (χ0) is 13.9. The van der Waals surface area contributed by atoms with E-state index in [4.69, 9.17) is 11.6 Å². The predicted molar refractivity (Wildman–Crippen MR) is 74.2 cm³/mol. The molecule has 5 heteroatoms. The quantitative estimate of drug-likeness (QED) is 0.747. The number of carbonyl (C=O) groups is 1. The zero-order valence-corrected chi connectivity index (χ0v) is 12.6. The van der Waals surface area contributed by atoms with E-state index in [1.807, 2.05) is 39.8 Å². The normalized spacial score (nSPS) is 12.2. The highest BCUT2D eigenvalue weighted by atomic mass is 35.5. The van der Waals surface area contributed by atoms with Crippen molar-refractivity contribution in [3.8, 4) is 0 Å². The van der Waals surface area contributed by atoms with Crippen LogP contribution in [0.1, 0.15) is 44.1 Å². The van der Waals surface area contributed by atoms with Crippen LogP contribution in [-0.2, 0) is 6.54 Å². The number of hydrogen-bond acceptors (Lipinski definition) is 3. The molecule has 18 heavy (non-hydrogen) atoms. The summed E-state index contributed by atoms with van der Waals surface area (Å²) in [6.07, 6.45) is 3.05. The molecule has 0 radical (unpaired) electrons. The van der Waals surface area contributed by atoms with Crippen LogP contribution in [0.2, 0.25) is 5.02 Å². The number of nitrogens with zero attached hydrogens (tertiary/aromatic N) is 3. The van der Waals surface area contributed by atoms with Gasteiger partial charge in [0.1, 0.15) is 5.69 Å². The minimum absolute atomic E-state index is 0.0573. The molecule has 0 saturated carbocycles. The van der Waals surface area contributed by atoms with Gasteiger partial charge in [-0.15, -0.1) is 0 Å². The van der Waals surface area contributed by atoms with Gasteiger partial charge in [-0.05, 0) is 33.9 Å². The van der Waals surface area contributed by atoms with Gasteiger partial charge in [-0.2, -0.15) is 5.10 Å². The monoisotopic (exact) mass is 271 g/mol. The maximum Gasteiger partial charge on any atom is 0.202 e. The first-order valence-electron chi connectivity index (χ1n) is 6.38. The maximum atomic E-state index is 12.8. The lowest BCUT2D eigenvalue weighted by atomic mass is 9.85. The summed E-state index contributed by atoms with van der Waals surface area (Å²) >= 11 is 6.12. The van der Waals surface area contributed by atoms with Crippen molar-refractivity contribution in [3.05, 3.63) is 16.9 Å². The van der Waals surface area contributed by atoms with Crippen LogP contribution in [0.5, 0.6) is 0 Å². The summed E-state index contributed by atoms with van der Waals surface area (Å²) in [6, 6.07) is 0. The summed E-state index contributed by atoms with van der Waals surface area (Å²) in [4.78, 5) is 14.8. The highest BCUT2D eigenvalue weighted by Crippen LogP contribution is 2.29. The van der Waals surface area contributed by atoms with Crippen molar-refractivity contribution >= 4 is 17.4 Å². The summed E-state index contributed by atoms with van der Waals surface area (Å²) in [5.41, 5.74) is 0.0212. The van der Waals surface area contributed by atoms with Crippen LogP contribution < -0.4 is 0 Å². The summed E-state index contributed by atoms with van der Waals surface area (Å²) < 4.78 is 1.67. The Balaban J connectivity index is 3.30. The molecule has 0 unspecified atom stereocenters. The molecule has 0 aliphatic heterocycles. The average molecular weight is 272 g/mol. The molecule has 0 spiro atoms. The Morgan fingerprint density at radius 2 is 1.94 bits per heavy atom. The van der Waals surface area contributed by atoms with Crippen LogP contribution in [0.15, 0.2) is 6.20 Å². The summed E-state index contributed by atoms with van der Waals surface area (Å²) in [7, 11) is 3.87. The molecule has 1 rings (SSSR count). The minimum atomic E-state index is -0.503. The Morgan fingerprint density at radius 1 is 1.39 bits per heavy atom. The number of carbonyl (C=O) groups excluding carboxylic acids is 1. The fourth-order valence-corrected chi connectivity index (χ4v) is 2.68. The number of ketones is 1. The van der Waals surface area contributed by atoms with Crippen molar-refractivity contribution in [2.75, 3.05) is 14.1 Å². The molecule has 0 aromatic carbocycles. The maximum absolute atomic E-state index is 12.8. The van der Waals surface area contributed by atoms with Crippen LogP contribution >= 0.6 is 11.6 Å². The Morgan fingerprint density at radius 3 is 2.33 bits per heavy atom. The second-order valence-corrected chi connectivity index (χ2v) is 5.03. The van der Waals surface area contributed by atoms with Gasteiger partial charge in [-0.3, -0.25) is 14.4 Å². The van der Waals surface area contributed by atoms with E-state index < -0.39 is 5.54 Å². The predicted octanol–water partition coefficient (Wildman–Crippen LogP) is 2.86. The largest absolute Gasteiger partial charge is 0.297 e. The Hall–Kier alpha value is -0.870. The summed E-state index contributed by atoms with van der Waals surface area (Å²) in [5.74, 6) is 0.0573. The van der Waals surface area contributed by atoms with Crippen LogP contribution in [0.3, 0.4) is 0 Å². The van der Waals surface area contributed by atoms with Gasteiger partial charge in [-0.25, -0.2) is 0 Å². The molecule has 4 nitrogen and oxygen atoms in total. The van der Waals surface area contributed by atoms with Crippen molar-refractivity contribution < 1.29 is 4.79 Å². The van der Waals surface area contributed by atoms with Crippen LogP contribution in [0.25, 0.3) is 0 Å². The third-order valence-electron chi connectivity index (χ3n) is 3.76. The Labute approximate surface area is 114 Å². The summed E-state index contributed by atoms with van der Waals surface area (Å²) in [5, 5.41) is 4.58. The van der Waals surface area contributed by atoms with Crippen molar-refractivity contribution in [2.24, 2.45) is 0 Å². The Bertz CT molecular complexity index is 422. The molecule has 1 heterocycles. The molecule has 1 aromatic rings. The fourth-order valence-electron chi connectivity index (χ4n) is 2.46. The highest BCUT2D eigenvalue weighted by molar-refractivity contribution is 6.34. The van der Waals surface area contributed by atoms with E-state index in [2.05, 4.69) is 5.10 Å². The number of aromatic nitrogens is 2. The van der Waals surface area contributed by atoms with E-state index in [-0.39, 0.29) is 5.78 Å². The average Bonchev–Trinajstić information content (AvgIpc) is 2.71. The Kier molecular flexibility index (Phi) is 4.93. The molecule has 0 aliphatic carbocycles. The first-order chi connectivity index (χ1) is 8.44. The van der Waals surface area contributed by atoms with Gasteiger partial charge < -0.3 is 0 Å². The van der Waals surface area contributed by atoms with Crippen molar-refractivity contribution in [1.29, 1.82) is 0 Å². The molecule has 0 aliphatic rings. The third kappa shape index (κ3) is 2.31. The number of aryl methyl sites for hydroxylation is 1. The van der Waals surface area contributed by atoms with E-state index in [9.17, 15) is 4.79 Å². The second-order valence-electron chi connectivity index (χ2n) is 4.62.